The molecule has 0 fully saturated rings. The minimum absolute atomic E-state index is 0.330. The van der Waals surface area contributed by atoms with Crippen molar-refractivity contribution >= 4 is 34.3 Å². The van der Waals surface area contributed by atoms with E-state index < -0.39 is 0 Å². The molecule has 2 rings (SSSR count). The highest BCUT2D eigenvalue weighted by molar-refractivity contribution is 7.19. The predicted octanol–water partition coefficient (Wildman–Crippen LogP) is 1.82. The highest BCUT2D eigenvalue weighted by atomic mass is 32.1. The van der Waals surface area contributed by atoms with Gasteiger partial charge in [-0.15, -0.1) is 0 Å². The van der Waals surface area contributed by atoms with Crippen LogP contribution in [-0.4, -0.2) is 17.6 Å². The molecule has 66 valence electrons. The molecule has 0 bridgehead atoms. The first-order valence-electron chi connectivity index (χ1n) is 3.56. The second-order valence-corrected chi connectivity index (χ2v) is 3.49. The van der Waals surface area contributed by atoms with Gasteiger partial charge in [0.05, 0.1) is 5.56 Å². The Bertz CT molecular complexity index is 483. The number of fused-ring (bicyclic) bond motifs is 1. The van der Waals surface area contributed by atoms with E-state index in [0.29, 0.717) is 39.3 Å². The van der Waals surface area contributed by atoms with Gasteiger partial charge in [0, 0.05) is 0 Å². The molecule has 0 aliphatic rings. The Hall–Kier alpha value is -1.49. The number of rotatable bonds is 2. The maximum absolute atomic E-state index is 10.6. The Balaban J connectivity index is 2.80. The number of aryl methyl sites for hydroxylation is 1. The molecule has 0 spiro atoms. The maximum atomic E-state index is 10.6. The lowest BCUT2D eigenvalue weighted by Gasteiger charge is -1.82. The van der Waals surface area contributed by atoms with Gasteiger partial charge in [-0.25, -0.2) is 4.98 Å². The van der Waals surface area contributed by atoms with Crippen LogP contribution in [0.4, 0.5) is 0 Å². The molecule has 0 atom stereocenters. The van der Waals surface area contributed by atoms with Crippen LogP contribution < -0.4 is 0 Å². The predicted molar refractivity (Wildman–Crippen MR) is 47.4 cm³/mol. The molecule has 0 saturated heterocycles. The van der Waals surface area contributed by atoms with Crippen molar-refractivity contribution < 1.29 is 14.0 Å². The molecular formula is C8H5NO3S. The summed E-state index contributed by atoms with van der Waals surface area (Å²) in [5.74, 6) is 0.543. The first-order valence-corrected chi connectivity index (χ1v) is 4.38. The fourth-order valence-electron chi connectivity index (χ4n) is 1.11. The van der Waals surface area contributed by atoms with Gasteiger partial charge in [-0.2, -0.15) is 0 Å². The monoisotopic (exact) mass is 195 g/mol. The summed E-state index contributed by atoms with van der Waals surface area (Å²) in [7, 11) is 0. The molecule has 0 aromatic carbocycles. The van der Waals surface area contributed by atoms with Crippen molar-refractivity contribution in [2.75, 3.05) is 0 Å². The summed E-state index contributed by atoms with van der Waals surface area (Å²) in [6.07, 6.45) is 1.33. The van der Waals surface area contributed by atoms with E-state index in [-0.39, 0.29) is 0 Å². The highest BCUT2D eigenvalue weighted by Crippen LogP contribution is 2.28. The van der Waals surface area contributed by atoms with E-state index in [1.165, 1.54) is 0 Å². The van der Waals surface area contributed by atoms with E-state index >= 15 is 0 Å². The van der Waals surface area contributed by atoms with Crippen molar-refractivity contribution in [3.05, 3.63) is 16.3 Å². The van der Waals surface area contributed by atoms with Crippen molar-refractivity contribution in [3.63, 3.8) is 0 Å². The molecule has 4 nitrogen and oxygen atoms in total. The molecular weight excluding hydrogens is 190 g/mol. The number of furan rings is 1. The fourth-order valence-corrected chi connectivity index (χ4v) is 1.91. The Morgan fingerprint density at radius 2 is 2.15 bits per heavy atom. The third kappa shape index (κ3) is 1.08. The molecule has 0 radical (unpaired) electrons. The molecule has 2 aromatic rings. The fraction of sp³-hybridized carbons (Fsp3) is 0.125. The van der Waals surface area contributed by atoms with Crippen LogP contribution in [0.25, 0.3) is 10.4 Å². The Morgan fingerprint density at radius 3 is 2.77 bits per heavy atom. The van der Waals surface area contributed by atoms with Gasteiger partial charge in [0.25, 0.3) is 0 Å². The molecule has 0 aliphatic carbocycles. The number of carbonyl (C=O) groups is 2. The third-order valence-corrected chi connectivity index (χ3v) is 2.57. The van der Waals surface area contributed by atoms with Crippen molar-refractivity contribution in [2.45, 2.75) is 6.92 Å². The molecule has 0 N–H and O–H groups in total. The lowest BCUT2D eigenvalue weighted by atomic mass is 10.3. The lowest BCUT2D eigenvalue weighted by Crippen LogP contribution is -1.82. The summed E-state index contributed by atoms with van der Waals surface area (Å²) in [5.41, 5.74) is 0.916. The Kier molecular flexibility index (Phi) is 1.73. The van der Waals surface area contributed by atoms with Crippen LogP contribution in [0.5, 0.6) is 0 Å². The second-order valence-electron chi connectivity index (χ2n) is 2.50. The number of hydrogen-bond donors (Lipinski definition) is 0. The molecule has 0 aliphatic heterocycles. The largest absolute Gasteiger partial charge is 0.448 e. The summed E-state index contributed by atoms with van der Waals surface area (Å²) in [5, 5.41) is 0.330. The van der Waals surface area contributed by atoms with E-state index in [1.54, 1.807) is 6.92 Å². The van der Waals surface area contributed by atoms with E-state index in [0.717, 1.165) is 11.3 Å². The zero-order chi connectivity index (χ0) is 9.42. The third-order valence-electron chi connectivity index (χ3n) is 1.71. The summed E-state index contributed by atoms with van der Waals surface area (Å²) in [6.45, 7) is 1.69. The van der Waals surface area contributed by atoms with Crippen LogP contribution in [-0.2, 0) is 0 Å². The van der Waals surface area contributed by atoms with Gasteiger partial charge < -0.3 is 4.42 Å². The maximum Gasteiger partial charge on any atom is 0.209 e. The van der Waals surface area contributed by atoms with E-state index in [9.17, 15) is 9.59 Å². The van der Waals surface area contributed by atoms with Gasteiger partial charge in [0.1, 0.15) is 11.3 Å². The number of hydrogen-bond acceptors (Lipinski definition) is 5. The van der Waals surface area contributed by atoms with Crippen molar-refractivity contribution in [2.24, 2.45) is 0 Å². The van der Waals surface area contributed by atoms with Gasteiger partial charge in [-0.3, -0.25) is 9.59 Å². The summed E-state index contributed by atoms with van der Waals surface area (Å²) < 4.78 is 5.24. The first-order chi connectivity index (χ1) is 6.26. The van der Waals surface area contributed by atoms with Crippen molar-refractivity contribution in [1.82, 2.24) is 4.98 Å². The molecule has 2 heterocycles. The molecule has 13 heavy (non-hydrogen) atoms. The van der Waals surface area contributed by atoms with Gasteiger partial charge in [0.15, 0.2) is 17.6 Å². The van der Waals surface area contributed by atoms with E-state index in [4.69, 9.17) is 4.42 Å². The van der Waals surface area contributed by atoms with Crippen LogP contribution in [0.2, 0.25) is 0 Å². The van der Waals surface area contributed by atoms with Crippen LogP contribution in [0.3, 0.4) is 0 Å². The normalized spacial score (nSPS) is 10.5. The minimum Gasteiger partial charge on any atom is -0.448 e. The Labute approximate surface area is 77.2 Å². The van der Waals surface area contributed by atoms with Crippen molar-refractivity contribution in [3.8, 4) is 0 Å². The number of nitrogens with zero attached hydrogens (tertiary/aromatic N) is 1. The Morgan fingerprint density at radius 1 is 1.38 bits per heavy atom. The number of aldehydes is 2. The van der Waals surface area contributed by atoms with Crippen LogP contribution in [0.15, 0.2) is 4.42 Å². The first kappa shape index (κ1) is 8.12. The average Bonchev–Trinajstić information content (AvgIpc) is 2.60. The number of carbonyl (C=O) groups excluding carboxylic acids is 2. The molecule has 0 amide bonds. The zero-order valence-electron chi connectivity index (χ0n) is 6.73. The minimum atomic E-state index is 0.330. The van der Waals surface area contributed by atoms with Crippen LogP contribution in [0.1, 0.15) is 25.9 Å². The quantitative estimate of drug-likeness (QED) is 0.686. The highest BCUT2D eigenvalue weighted by Gasteiger charge is 2.14. The molecule has 0 saturated carbocycles. The van der Waals surface area contributed by atoms with Gasteiger partial charge in [0.2, 0.25) is 4.90 Å². The van der Waals surface area contributed by atoms with Crippen molar-refractivity contribution in [1.29, 1.82) is 0 Å². The zero-order valence-corrected chi connectivity index (χ0v) is 7.55. The smallest absolute Gasteiger partial charge is 0.209 e. The SMILES string of the molecule is Cc1oc2sc(C=O)nc2c1C=O. The molecule has 5 heteroatoms. The van der Waals surface area contributed by atoms with E-state index in [1.807, 2.05) is 0 Å². The standard InChI is InChI=1S/C8H5NO3S/c1-4-5(2-10)7-8(12-4)13-6(3-11)9-7/h2-3H,1H3. The second kappa shape index (κ2) is 2.77. The molecule has 2 aromatic heterocycles. The van der Waals surface area contributed by atoms with E-state index in [2.05, 4.69) is 4.98 Å². The van der Waals surface area contributed by atoms with Crippen LogP contribution >= 0.6 is 11.3 Å². The average molecular weight is 195 g/mol. The number of aromatic nitrogens is 1. The van der Waals surface area contributed by atoms with Gasteiger partial charge >= 0.3 is 0 Å². The van der Waals surface area contributed by atoms with Gasteiger partial charge in [-0.1, -0.05) is 11.3 Å². The lowest BCUT2D eigenvalue weighted by molar-refractivity contribution is 0.111. The molecule has 0 unspecified atom stereocenters. The summed E-state index contributed by atoms with van der Waals surface area (Å²) >= 11 is 1.14. The summed E-state index contributed by atoms with van der Waals surface area (Å²) in [6, 6.07) is 0. The number of thiazole rings is 1. The van der Waals surface area contributed by atoms with Gasteiger partial charge in [-0.05, 0) is 6.92 Å². The van der Waals surface area contributed by atoms with Crippen LogP contribution in [0, 0.1) is 6.92 Å². The summed E-state index contributed by atoms with van der Waals surface area (Å²) in [4.78, 5) is 25.5. The topological polar surface area (TPSA) is 60.2 Å².